The van der Waals surface area contributed by atoms with Crippen LogP contribution in [0.4, 0.5) is 13.2 Å². The van der Waals surface area contributed by atoms with Crippen LogP contribution in [0.5, 0.6) is 0 Å². The second-order valence-corrected chi connectivity index (χ2v) is 3.81. The first-order chi connectivity index (χ1) is 6.36. The molecule has 0 aliphatic carbocycles. The van der Waals surface area contributed by atoms with Crippen molar-refractivity contribution in [1.82, 2.24) is 0 Å². The summed E-state index contributed by atoms with van der Waals surface area (Å²) in [6, 6.07) is 2.52. The molecule has 0 radical (unpaired) electrons. The highest BCUT2D eigenvalue weighted by molar-refractivity contribution is 9.10. The third-order valence-corrected chi connectivity index (χ3v) is 2.76. The van der Waals surface area contributed by atoms with Gasteiger partial charge in [0.2, 0.25) is 0 Å². The quantitative estimate of drug-likeness (QED) is 0.831. The molecule has 5 heteroatoms. The molecule has 0 atom stereocenters. The normalized spacial score (nSPS) is 11.9. The van der Waals surface area contributed by atoms with Crippen molar-refractivity contribution in [3.63, 3.8) is 0 Å². The molecule has 1 rings (SSSR count). The van der Waals surface area contributed by atoms with Gasteiger partial charge in [0, 0.05) is 11.0 Å². The second-order valence-electron chi connectivity index (χ2n) is 2.96. The van der Waals surface area contributed by atoms with E-state index in [1.54, 1.807) is 6.92 Å². The molecule has 0 aliphatic heterocycles. The first-order valence-electron chi connectivity index (χ1n) is 3.92. The van der Waals surface area contributed by atoms with E-state index in [9.17, 15) is 13.2 Å². The Kier molecular flexibility index (Phi) is 3.21. The Hall–Kier alpha value is -0.550. The van der Waals surface area contributed by atoms with Crippen LogP contribution in [0.3, 0.4) is 0 Å². The summed E-state index contributed by atoms with van der Waals surface area (Å²) in [4.78, 5) is 0. The predicted octanol–water partition coefficient (Wildman–Crippen LogP) is 3.24. The lowest BCUT2D eigenvalue weighted by atomic mass is 10.0. The van der Waals surface area contributed by atoms with E-state index >= 15 is 0 Å². The lowest BCUT2D eigenvalue weighted by Crippen LogP contribution is -2.12. The largest absolute Gasteiger partial charge is 0.416 e. The Balaban J connectivity index is 3.35. The van der Waals surface area contributed by atoms with Gasteiger partial charge in [-0.2, -0.15) is 13.2 Å². The summed E-state index contributed by atoms with van der Waals surface area (Å²) in [5.74, 6) is 0. The highest BCUT2D eigenvalue weighted by Crippen LogP contribution is 2.34. The molecule has 0 unspecified atom stereocenters. The predicted molar refractivity (Wildman–Crippen MR) is 51.8 cm³/mol. The van der Waals surface area contributed by atoms with Crippen LogP contribution in [0.1, 0.15) is 16.7 Å². The summed E-state index contributed by atoms with van der Waals surface area (Å²) in [7, 11) is 0. The van der Waals surface area contributed by atoms with Crippen molar-refractivity contribution >= 4 is 15.9 Å². The number of alkyl halides is 3. The molecule has 2 N–H and O–H groups in total. The Bertz CT molecular complexity index is 347. The van der Waals surface area contributed by atoms with Gasteiger partial charge in [0.15, 0.2) is 0 Å². The Labute approximate surface area is 88.2 Å². The molecule has 0 aliphatic rings. The van der Waals surface area contributed by atoms with Crippen molar-refractivity contribution in [1.29, 1.82) is 0 Å². The molecule has 78 valence electrons. The maximum Gasteiger partial charge on any atom is 0.416 e. The van der Waals surface area contributed by atoms with E-state index in [2.05, 4.69) is 15.9 Å². The summed E-state index contributed by atoms with van der Waals surface area (Å²) in [6.07, 6.45) is -4.33. The third kappa shape index (κ3) is 2.27. The van der Waals surface area contributed by atoms with Crippen molar-refractivity contribution in [3.05, 3.63) is 33.3 Å². The Morgan fingerprint density at radius 1 is 1.36 bits per heavy atom. The standard InChI is InChI=1S/C9H9BrF3N/c1-5-2-7(9(11,12)13)6(4-14)3-8(5)10/h2-3H,4,14H2,1H3. The number of hydrogen-bond acceptors (Lipinski definition) is 1. The van der Waals surface area contributed by atoms with Crippen molar-refractivity contribution in [2.45, 2.75) is 19.6 Å². The smallest absolute Gasteiger partial charge is 0.326 e. The fourth-order valence-corrected chi connectivity index (χ4v) is 1.55. The third-order valence-electron chi connectivity index (χ3n) is 1.91. The van der Waals surface area contributed by atoms with Gasteiger partial charge in [-0.15, -0.1) is 0 Å². The molecule has 0 bridgehead atoms. The van der Waals surface area contributed by atoms with Crippen LogP contribution < -0.4 is 5.73 Å². The molecule has 0 saturated carbocycles. The van der Waals surface area contributed by atoms with E-state index in [0.717, 1.165) is 6.07 Å². The molecule has 0 aromatic heterocycles. The second kappa shape index (κ2) is 3.90. The van der Waals surface area contributed by atoms with Gasteiger partial charge in [-0.05, 0) is 30.2 Å². The minimum absolute atomic E-state index is 0.106. The van der Waals surface area contributed by atoms with Crippen molar-refractivity contribution in [3.8, 4) is 0 Å². The van der Waals surface area contributed by atoms with Gasteiger partial charge in [0.1, 0.15) is 0 Å². The van der Waals surface area contributed by atoms with E-state index in [0.29, 0.717) is 10.0 Å². The molecule has 0 saturated heterocycles. The summed E-state index contributed by atoms with van der Waals surface area (Å²) >= 11 is 3.16. The average Bonchev–Trinajstić information content (AvgIpc) is 2.07. The zero-order chi connectivity index (χ0) is 10.9. The first-order valence-corrected chi connectivity index (χ1v) is 4.72. The number of nitrogens with two attached hydrogens (primary N) is 1. The fraction of sp³-hybridized carbons (Fsp3) is 0.333. The zero-order valence-corrected chi connectivity index (χ0v) is 9.04. The molecular weight excluding hydrogens is 259 g/mol. The number of hydrogen-bond donors (Lipinski definition) is 1. The molecule has 1 aromatic rings. The number of rotatable bonds is 1. The van der Waals surface area contributed by atoms with E-state index in [1.807, 2.05) is 0 Å². The van der Waals surface area contributed by atoms with Gasteiger partial charge in [-0.1, -0.05) is 15.9 Å². The van der Waals surface area contributed by atoms with Crippen LogP contribution >= 0.6 is 15.9 Å². The molecule has 14 heavy (non-hydrogen) atoms. The SMILES string of the molecule is Cc1cc(C(F)(F)F)c(CN)cc1Br. The van der Waals surface area contributed by atoms with E-state index in [4.69, 9.17) is 5.73 Å². The number of aryl methyl sites for hydroxylation is 1. The monoisotopic (exact) mass is 267 g/mol. The van der Waals surface area contributed by atoms with E-state index in [-0.39, 0.29) is 12.1 Å². The summed E-state index contributed by atoms with van der Waals surface area (Å²) in [5, 5.41) is 0. The molecule has 0 amide bonds. The van der Waals surface area contributed by atoms with Crippen molar-refractivity contribution in [2.24, 2.45) is 5.73 Å². The highest BCUT2D eigenvalue weighted by atomic mass is 79.9. The van der Waals surface area contributed by atoms with Gasteiger partial charge in [0.25, 0.3) is 0 Å². The van der Waals surface area contributed by atoms with Crippen molar-refractivity contribution in [2.75, 3.05) is 0 Å². The van der Waals surface area contributed by atoms with Crippen LogP contribution in [-0.4, -0.2) is 0 Å². The van der Waals surface area contributed by atoms with Gasteiger partial charge < -0.3 is 5.73 Å². The maximum atomic E-state index is 12.5. The first kappa shape index (κ1) is 11.5. The summed E-state index contributed by atoms with van der Waals surface area (Å²) < 4.78 is 38.1. The van der Waals surface area contributed by atoms with Crippen LogP contribution in [-0.2, 0) is 12.7 Å². The fourth-order valence-electron chi connectivity index (χ4n) is 1.16. The number of halogens is 4. The molecule has 0 heterocycles. The minimum Gasteiger partial charge on any atom is -0.326 e. The van der Waals surface area contributed by atoms with Gasteiger partial charge in [-0.3, -0.25) is 0 Å². The zero-order valence-electron chi connectivity index (χ0n) is 7.45. The van der Waals surface area contributed by atoms with Gasteiger partial charge in [-0.25, -0.2) is 0 Å². The van der Waals surface area contributed by atoms with Gasteiger partial charge in [0.05, 0.1) is 5.56 Å². The van der Waals surface area contributed by atoms with Crippen LogP contribution in [0.25, 0.3) is 0 Å². The Morgan fingerprint density at radius 2 is 1.93 bits per heavy atom. The highest BCUT2D eigenvalue weighted by Gasteiger charge is 2.33. The topological polar surface area (TPSA) is 26.0 Å². The summed E-state index contributed by atoms with van der Waals surface area (Å²) in [6.45, 7) is 1.49. The Morgan fingerprint density at radius 3 is 2.36 bits per heavy atom. The number of benzene rings is 1. The molecule has 0 fully saturated rings. The molecule has 1 nitrogen and oxygen atoms in total. The molecule has 0 spiro atoms. The van der Waals surface area contributed by atoms with Crippen LogP contribution in [0, 0.1) is 6.92 Å². The molecule has 1 aromatic carbocycles. The minimum atomic E-state index is -4.33. The molecular formula is C9H9BrF3N. The maximum absolute atomic E-state index is 12.5. The lowest BCUT2D eigenvalue weighted by Gasteiger charge is -2.13. The summed E-state index contributed by atoms with van der Waals surface area (Å²) in [5.41, 5.74) is 5.25. The lowest BCUT2D eigenvalue weighted by molar-refractivity contribution is -0.138. The van der Waals surface area contributed by atoms with Crippen LogP contribution in [0.2, 0.25) is 0 Å². The van der Waals surface area contributed by atoms with E-state index < -0.39 is 11.7 Å². The van der Waals surface area contributed by atoms with Gasteiger partial charge >= 0.3 is 6.18 Å². The van der Waals surface area contributed by atoms with E-state index in [1.165, 1.54) is 6.07 Å². The average molecular weight is 268 g/mol. The van der Waals surface area contributed by atoms with Crippen LogP contribution in [0.15, 0.2) is 16.6 Å². The van der Waals surface area contributed by atoms with Crippen molar-refractivity contribution < 1.29 is 13.2 Å².